The molecule has 1 aromatic rings. The average Bonchev–Trinajstić information content (AvgIpc) is 2.28. The molecule has 4 nitrogen and oxygen atoms in total. The first kappa shape index (κ1) is 13.7. The van der Waals surface area contributed by atoms with Gasteiger partial charge in [-0.3, -0.25) is 0 Å². The Bertz CT molecular complexity index is 394. The predicted octanol–water partition coefficient (Wildman–Crippen LogP) is 1.75. The fourth-order valence-corrected chi connectivity index (χ4v) is 1.60. The minimum absolute atomic E-state index is 0.00688. The largest absolute Gasteiger partial charge is 0.497 e. The van der Waals surface area contributed by atoms with Crippen LogP contribution in [0.5, 0.6) is 5.75 Å². The minimum atomic E-state index is -0.442. The summed E-state index contributed by atoms with van der Waals surface area (Å²) in [5.41, 5.74) is 0.402. The highest BCUT2D eigenvalue weighted by molar-refractivity contribution is 7.80. The normalized spacial score (nSPS) is 10.8. The fraction of sp³-hybridized carbons (Fsp3) is 0.417. The van der Waals surface area contributed by atoms with Crippen LogP contribution in [0.2, 0.25) is 0 Å². The average molecular weight is 254 g/mol. The van der Waals surface area contributed by atoms with Gasteiger partial charge in [-0.15, -0.1) is 0 Å². The lowest BCUT2D eigenvalue weighted by Crippen LogP contribution is -2.47. The number of aliphatic hydroxyl groups is 1. The van der Waals surface area contributed by atoms with Crippen molar-refractivity contribution < 1.29 is 9.84 Å². The van der Waals surface area contributed by atoms with E-state index in [9.17, 15) is 0 Å². The number of anilines is 1. The number of nitrogens with one attached hydrogen (secondary N) is 2. The van der Waals surface area contributed by atoms with Crippen molar-refractivity contribution in [2.45, 2.75) is 19.4 Å². The topological polar surface area (TPSA) is 53.5 Å². The van der Waals surface area contributed by atoms with Gasteiger partial charge in [0.15, 0.2) is 5.11 Å². The lowest BCUT2D eigenvalue weighted by atomic mass is 10.1. The van der Waals surface area contributed by atoms with Crippen LogP contribution in [-0.2, 0) is 0 Å². The molecule has 0 heterocycles. The van der Waals surface area contributed by atoms with E-state index in [0.29, 0.717) is 5.11 Å². The molecule has 3 N–H and O–H groups in total. The first-order valence-corrected chi connectivity index (χ1v) is 5.72. The summed E-state index contributed by atoms with van der Waals surface area (Å²) < 4.78 is 5.11. The zero-order chi connectivity index (χ0) is 12.9. The highest BCUT2D eigenvalue weighted by atomic mass is 32.1. The standard InChI is InChI=1S/C12H18N2O2S/c1-12(2,8-15)14-11(17)13-9-5-4-6-10(7-9)16-3/h4-7,15H,8H2,1-3H3,(H2,13,14,17). The predicted molar refractivity (Wildman–Crippen MR) is 73.5 cm³/mol. The van der Waals surface area contributed by atoms with Crippen LogP contribution >= 0.6 is 12.2 Å². The summed E-state index contributed by atoms with van der Waals surface area (Å²) in [4.78, 5) is 0. The van der Waals surface area contributed by atoms with Gasteiger partial charge in [-0.25, -0.2) is 0 Å². The molecule has 0 fully saturated rings. The molecule has 1 rings (SSSR count). The van der Waals surface area contributed by atoms with Crippen molar-refractivity contribution in [3.05, 3.63) is 24.3 Å². The second-order valence-electron chi connectivity index (χ2n) is 4.35. The molecule has 0 aliphatic rings. The molecule has 0 amide bonds. The van der Waals surface area contributed by atoms with Crippen LogP contribution in [0.25, 0.3) is 0 Å². The quantitative estimate of drug-likeness (QED) is 0.715. The van der Waals surface area contributed by atoms with E-state index in [0.717, 1.165) is 11.4 Å². The van der Waals surface area contributed by atoms with Crippen LogP contribution in [0.4, 0.5) is 5.69 Å². The maximum atomic E-state index is 9.12. The second-order valence-corrected chi connectivity index (χ2v) is 4.76. The Labute approximate surface area is 107 Å². The van der Waals surface area contributed by atoms with E-state index in [4.69, 9.17) is 22.1 Å². The van der Waals surface area contributed by atoms with Crippen molar-refractivity contribution in [2.24, 2.45) is 0 Å². The summed E-state index contributed by atoms with van der Waals surface area (Å²) in [7, 11) is 1.62. The fourth-order valence-electron chi connectivity index (χ4n) is 1.21. The monoisotopic (exact) mass is 254 g/mol. The Morgan fingerprint density at radius 2 is 2.18 bits per heavy atom. The van der Waals surface area contributed by atoms with Gasteiger partial charge in [0.25, 0.3) is 0 Å². The Balaban J connectivity index is 2.62. The molecule has 0 saturated carbocycles. The molecule has 0 atom stereocenters. The van der Waals surface area contributed by atoms with Crippen molar-refractivity contribution in [3.8, 4) is 5.75 Å². The summed E-state index contributed by atoms with van der Waals surface area (Å²) in [5, 5.41) is 15.6. The molecule has 0 spiro atoms. The number of methoxy groups -OCH3 is 1. The summed E-state index contributed by atoms with van der Waals surface area (Å²) in [6, 6.07) is 7.47. The van der Waals surface area contributed by atoms with Crippen LogP contribution in [-0.4, -0.2) is 29.5 Å². The van der Waals surface area contributed by atoms with Crippen LogP contribution in [0.15, 0.2) is 24.3 Å². The third kappa shape index (κ3) is 4.58. The van der Waals surface area contributed by atoms with Crippen molar-refractivity contribution in [1.29, 1.82) is 0 Å². The number of rotatable bonds is 4. The highest BCUT2D eigenvalue weighted by Gasteiger charge is 2.16. The molecule has 0 radical (unpaired) electrons. The Morgan fingerprint density at radius 1 is 1.47 bits per heavy atom. The van der Waals surface area contributed by atoms with Gasteiger partial charge in [0.2, 0.25) is 0 Å². The van der Waals surface area contributed by atoms with E-state index in [1.54, 1.807) is 7.11 Å². The van der Waals surface area contributed by atoms with Crippen LogP contribution in [0, 0.1) is 0 Å². The molecule has 0 aromatic heterocycles. The van der Waals surface area contributed by atoms with Gasteiger partial charge in [-0.2, -0.15) is 0 Å². The van der Waals surface area contributed by atoms with Gasteiger partial charge in [0, 0.05) is 11.8 Å². The number of ether oxygens (including phenoxy) is 1. The van der Waals surface area contributed by atoms with Crippen molar-refractivity contribution in [3.63, 3.8) is 0 Å². The molecule has 5 heteroatoms. The number of benzene rings is 1. The molecule has 0 saturated heterocycles. The molecular weight excluding hydrogens is 236 g/mol. The Kier molecular flexibility index (Phi) is 4.72. The summed E-state index contributed by atoms with van der Waals surface area (Å²) in [6.07, 6.45) is 0. The van der Waals surface area contributed by atoms with Gasteiger partial charge in [0.1, 0.15) is 5.75 Å². The van der Waals surface area contributed by atoms with E-state index in [1.165, 1.54) is 0 Å². The zero-order valence-corrected chi connectivity index (χ0v) is 11.1. The van der Waals surface area contributed by atoms with Crippen molar-refractivity contribution in [2.75, 3.05) is 19.0 Å². The van der Waals surface area contributed by atoms with Gasteiger partial charge < -0.3 is 20.5 Å². The molecular formula is C12H18N2O2S. The summed E-state index contributed by atoms with van der Waals surface area (Å²) >= 11 is 5.16. The first-order chi connectivity index (χ1) is 7.96. The molecule has 17 heavy (non-hydrogen) atoms. The molecule has 0 aliphatic heterocycles. The van der Waals surface area contributed by atoms with Crippen LogP contribution < -0.4 is 15.4 Å². The highest BCUT2D eigenvalue weighted by Crippen LogP contribution is 2.16. The van der Waals surface area contributed by atoms with E-state index in [-0.39, 0.29) is 6.61 Å². The molecule has 0 bridgehead atoms. The van der Waals surface area contributed by atoms with Crippen molar-refractivity contribution in [1.82, 2.24) is 5.32 Å². The van der Waals surface area contributed by atoms with E-state index < -0.39 is 5.54 Å². The van der Waals surface area contributed by atoms with Gasteiger partial charge in [-0.1, -0.05) is 6.07 Å². The van der Waals surface area contributed by atoms with E-state index >= 15 is 0 Å². The number of hydrogen-bond acceptors (Lipinski definition) is 3. The third-order valence-corrected chi connectivity index (χ3v) is 2.38. The lowest BCUT2D eigenvalue weighted by Gasteiger charge is -2.25. The molecule has 1 aromatic carbocycles. The van der Waals surface area contributed by atoms with Crippen LogP contribution in [0.1, 0.15) is 13.8 Å². The first-order valence-electron chi connectivity index (χ1n) is 5.31. The number of hydrogen-bond donors (Lipinski definition) is 3. The summed E-state index contributed by atoms with van der Waals surface area (Å²) in [5.74, 6) is 0.763. The van der Waals surface area contributed by atoms with E-state index in [2.05, 4.69) is 10.6 Å². The van der Waals surface area contributed by atoms with E-state index in [1.807, 2.05) is 38.1 Å². The molecule has 94 valence electrons. The van der Waals surface area contributed by atoms with Gasteiger partial charge in [-0.05, 0) is 38.2 Å². The maximum absolute atomic E-state index is 9.12. The third-order valence-electron chi connectivity index (χ3n) is 2.17. The lowest BCUT2D eigenvalue weighted by molar-refractivity contribution is 0.207. The van der Waals surface area contributed by atoms with Gasteiger partial charge in [0.05, 0.1) is 19.3 Å². The Morgan fingerprint density at radius 3 is 2.76 bits per heavy atom. The SMILES string of the molecule is COc1cccc(NC(=S)NC(C)(C)CO)c1. The van der Waals surface area contributed by atoms with Gasteiger partial charge >= 0.3 is 0 Å². The number of thiocarbonyl (C=S) groups is 1. The zero-order valence-electron chi connectivity index (χ0n) is 10.3. The Hall–Kier alpha value is -1.33. The maximum Gasteiger partial charge on any atom is 0.171 e. The molecule has 0 unspecified atom stereocenters. The minimum Gasteiger partial charge on any atom is -0.497 e. The molecule has 0 aliphatic carbocycles. The number of aliphatic hydroxyl groups excluding tert-OH is 1. The smallest absolute Gasteiger partial charge is 0.171 e. The van der Waals surface area contributed by atoms with Crippen molar-refractivity contribution >= 4 is 23.0 Å². The van der Waals surface area contributed by atoms with Crippen LogP contribution in [0.3, 0.4) is 0 Å². The second kappa shape index (κ2) is 5.84. The summed E-state index contributed by atoms with van der Waals surface area (Å²) in [6.45, 7) is 3.74.